The molecule has 9 nitrogen and oxygen atoms in total. The number of carbonyl (C=O) groups is 1. The highest BCUT2D eigenvalue weighted by molar-refractivity contribution is 8.13. The highest BCUT2D eigenvalue weighted by atomic mass is 32.2. The lowest BCUT2D eigenvalue weighted by Gasteiger charge is -2.18. The van der Waals surface area contributed by atoms with Gasteiger partial charge in [0.05, 0.1) is 24.1 Å². The van der Waals surface area contributed by atoms with E-state index >= 15 is 0 Å². The summed E-state index contributed by atoms with van der Waals surface area (Å²) in [4.78, 5) is 32.1. The van der Waals surface area contributed by atoms with Crippen LogP contribution in [-0.2, 0) is 10.7 Å². The van der Waals surface area contributed by atoms with Crippen molar-refractivity contribution in [2.24, 2.45) is 4.99 Å². The topological polar surface area (TPSA) is 98.9 Å². The van der Waals surface area contributed by atoms with Crippen molar-refractivity contribution >= 4 is 45.5 Å². The monoisotopic (exact) mass is 535 g/mol. The number of amides is 1. The van der Waals surface area contributed by atoms with E-state index in [9.17, 15) is 18.4 Å². The van der Waals surface area contributed by atoms with Crippen LogP contribution < -0.4 is 19.9 Å². The van der Waals surface area contributed by atoms with Crippen LogP contribution >= 0.6 is 11.8 Å². The Bertz CT molecular complexity index is 1610. The van der Waals surface area contributed by atoms with Gasteiger partial charge >= 0.3 is 6.61 Å². The van der Waals surface area contributed by atoms with E-state index in [1.54, 1.807) is 61.7 Å². The molecule has 0 saturated heterocycles. The molecule has 3 aromatic carbocycles. The maximum absolute atomic E-state index is 13.4. The summed E-state index contributed by atoms with van der Waals surface area (Å²) in [5, 5.41) is 8.76. The second-order valence-corrected chi connectivity index (χ2v) is 8.81. The normalized spacial score (nSPS) is 14.4. The van der Waals surface area contributed by atoms with Crippen LogP contribution in [0.3, 0.4) is 0 Å². The molecule has 1 aromatic heterocycles. The number of thioether (sulfide) groups is 1. The Morgan fingerprint density at radius 2 is 1.68 bits per heavy atom. The van der Waals surface area contributed by atoms with Gasteiger partial charge in [0.2, 0.25) is 0 Å². The standard InChI is InChI=1S/C26H19F2N5O4S/c1-36-18-10-6-16(7-11-18)14-22-24(35)33(17-8-12-19(13-9-17)37-25(27)28)26(29-22)38-15-32-23(34)20-4-2-3-5-21(20)30-31-32/h2-14,25H,15H2,1H3. The molecule has 5 rings (SSSR count). The number of nitrogens with zero attached hydrogens (tertiary/aromatic N) is 5. The van der Waals surface area contributed by atoms with E-state index < -0.39 is 12.5 Å². The molecule has 38 heavy (non-hydrogen) atoms. The third kappa shape index (κ3) is 5.25. The fraction of sp³-hybridized carbons (Fsp3) is 0.115. The quantitative estimate of drug-likeness (QED) is 0.321. The van der Waals surface area contributed by atoms with Crippen molar-refractivity contribution in [3.05, 3.63) is 94.4 Å². The highest BCUT2D eigenvalue weighted by Crippen LogP contribution is 2.31. The fourth-order valence-electron chi connectivity index (χ4n) is 3.68. The molecule has 0 atom stereocenters. The number of alkyl halides is 2. The SMILES string of the molecule is COc1ccc(C=C2N=C(SCn3nnc4ccccc4c3=O)N(c3ccc(OC(F)F)cc3)C2=O)cc1. The molecule has 1 aliphatic heterocycles. The summed E-state index contributed by atoms with van der Waals surface area (Å²) in [5.41, 5.74) is 1.41. The summed E-state index contributed by atoms with van der Waals surface area (Å²) in [7, 11) is 1.56. The molecule has 0 spiro atoms. The Hall–Kier alpha value is -4.58. The van der Waals surface area contributed by atoms with Crippen LogP contribution in [0.15, 0.2) is 88.3 Å². The number of hydrogen-bond donors (Lipinski definition) is 0. The van der Waals surface area contributed by atoms with Crippen molar-refractivity contribution in [1.82, 2.24) is 15.0 Å². The molecule has 0 unspecified atom stereocenters. The molecular formula is C26H19F2N5O4S. The van der Waals surface area contributed by atoms with Crippen LogP contribution in [0, 0.1) is 0 Å². The molecular weight excluding hydrogens is 516 g/mol. The van der Waals surface area contributed by atoms with E-state index in [0.717, 1.165) is 17.3 Å². The van der Waals surface area contributed by atoms with Gasteiger partial charge < -0.3 is 9.47 Å². The number of halogens is 2. The number of aliphatic imine (C=N–C) groups is 1. The van der Waals surface area contributed by atoms with Crippen LogP contribution in [0.4, 0.5) is 14.5 Å². The Morgan fingerprint density at radius 3 is 2.39 bits per heavy atom. The fourth-order valence-corrected chi connectivity index (χ4v) is 4.57. The smallest absolute Gasteiger partial charge is 0.387 e. The summed E-state index contributed by atoms with van der Waals surface area (Å²) in [6.07, 6.45) is 1.62. The number of carbonyl (C=O) groups excluding carboxylic acids is 1. The summed E-state index contributed by atoms with van der Waals surface area (Å²) >= 11 is 1.11. The molecule has 0 radical (unpaired) electrons. The third-order valence-electron chi connectivity index (χ3n) is 5.51. The molecule has 192 valence electrons. The molecule has 1 amide bonds. The van der Waals surface area contributed by atoms with Gasteiger partial charge in [-0.1, -0.05) is 41.2 Å². The minimum atomic E-state index is -2.97. The second-order valence-electron chi connectivity index (χ2n) is 7.89. The van der Waals surface area contributed by atoms with E-state index in [4.69, 9.17) is 4.74 Å². The number of amidine groups is 1. The zero-order valence-corrected chi connectivity index (χ0v) is 20.6. The van der Waals surface area contributed by atoms with Crippen LogP contribution in [0.5, 0.6) is 11.5 Å². The van der Waals surface area contributed by atoms with Gasteiger partial charge in [0.15, 0.2) is 5.17 Å². The zero-order chi connectivity index (χ0) is 26.6. The number of rotatable bonds is 7. The molecule has 0 fully saturated rings. The number of aromatic nitrogens is 3. The molecule has 0 bridgehead atoms. The maximum atomic E-state index is 13.4. The van der Waals surface area contributed by atoms with E-state index in [1.807, 2.05) is 0 Å². The molecule has 12 heteroatoms. The highest BCUT2D eigenvalue weighted by Gasteiger charge is 2.32. The summed E-state index contributed by atoms with van der Waals surface area (Å²) in [6, 6.07) is 19.6. The average Bonchev–Trinajstić information content (AvgIpc) is 3.23. The molecule has 0 saturated carbocycles. The van der Waals surface area contributed by atoms with Crippen LogP contribution in [-0.4, -0.2) is 39.8 Å². The van der Waals surface area contributed by atoms with Gasteiger partial charge in [-0.05, 0) is 60.2 Å². The first-order chi connectivity index (χ1) is 18.4. The average molecular weight is 536 g/mol. The number of ether oxygens (including phenoxy) is 2. The van der Waals surface area contributed by atoms with Crippen LogP contribution in [0.1, 0.15) is 5.56 Å². The van der Waals surface area contributed by atoms with Crippen molar-refractivity contribution in [3.8, 4) is 11.5 Å². The van der Waals surface area contributed by atoms with Crippen LogP contribution in [0.25, 0.3) is 17.0 Å². The van der Waals surface area contributed by atoms with Crippen molar-refractivity contribution in [1.29, 1.82) is 0 Å². The van der Waals surface area contributed by atoms with Gasteiger partial charge in [0.25, 0.3) is 11.5 Å². The number of methoxy groups -OCH3 is 1. The summed E-state index contributed by atoms with van der Waals surface area (Å²) in [6.45, 7) is -2.97. The van der Waals surface area contributed by atoms with Crippen molar-refractivity contribution in [3.63, 3.8) is 0 Å². The van der Waals surface area contributed by atoms with E-state index in [2.05, 4.69) is 20.0 Å². The number of hydrogen-bond acceptors (Lipinski definition) is 8. The first-order valence-electron chi connectivity index (χ1n) is 11.2. The number of fused-ring (bicyclic) bond motifs is 1. The van der Waals surface area contributed by atoms with E-state index in [-0.39, 0.29) is 28.1 Å². The zero-order valence-electron chi connectivity index (χ0n) is 19.8. The van der Waals surface area contributed by atoms with Gasteiger partial charge in [0.1, 0.15) is 22.7 Å². The summed E-state index contributed by atoms with van der Waals surface area (Å²) in [5.74, 6) is 0.220. The van der Waals surface area contributed by atoms with Gasteiger partial charge in [-0.25, -0.2) is 4.99 Å². The first-order valence-corrected chi connectivity index (χ1v) is 12.2. The lowest BCUT2D eigenvalue weighted by molar-refractivity contribution is -0.113. The predicted octanol–water partition coefficient (Wildman–Crippen LogP) is 4.54. The maximum Gasteiger partial charge on any atom is 0.387 e. The molecule has 0 N–H and O–H groups in total. The predicted molar refractivity (Wildman–Crippen MR) is 140 cm³/mol. The lowest BCUT2D eigenvalue weighted by Crippen LogP contribution is -2.31. The summed E-state index contributed by atoms with van der Waals surface area (Å²) < 4.78 is 35.9. The van der Waals surface area contributed by atoms with E-state index in [1.165, 1.54) is 33.8 Å². The largest absolute Gasteiger partial charge is 0.497 e. The second kappa shape index (κ2) is 10.8. The van der Waals surface area contributed by atoms with Crippen molar-refractivity contribution < 1.29 is 23.0 Å². The Labute approximate surface area is 219 Å². The Kier molecular flexibility index (Phi) is 7.13. The van der Waals surface area contributed by atoms with Gasteiger partial charge in [-0.3, -0.25) is 14.5 Å². The van der Waals surface area contributed by atoms with Gasteiger partial charge in [0, 0.05) is 0 Å². The number of anilines is 1. The lowest BCUT2D eigenvalue weighted by atomic mass is 10.2. The van der Waals surface area contributed by atoms with E-state index in [0.29, 0.717) is 22.3 Å². The molecule has 1 aliphatic rings. The minimum Gasteiger partial charge on any atom is -0.497 e. The van der Waals surface area contributed by atoms with Gasteiger partial charge in [-0.2, -0.15) is 13.5 Å². The van der Waals surface area contributed by atoms with Crippen LogP contribution in [0.2, 0.25) is 0 Å². The van der Waals surface area contributed by atoms with Gasteiger partial charge in [-0.15, -0.1) is 5.10 Å². The first kappa shape index (κ1) is 25.1. The van der Waals surface area contributed by atoms with Crippen molar-refractivity contribution in [2.75, 3.05) is 12.0 Å². The Balaban J connectivity index is 1.47. The van der Waals surface area contributed by atoms with Crippen molar-refractivity contribution in [2.45, 2.75) is 12.5 Å². The molecule has 2 heterocycles. The Morgan fingerprint density at radius 1 is 0.974 bits per heavy atom. The molecule has 4 aromatic rings. The minimum absolute atomic E-state index is 0.0294. The third-order valence-corrected chi connectivity index (χ3v) is 6.42. The number of benzene rings is 3. The molecule has 0 aliphatic carbocycles.